The number of aryl methyl sites for hydroxylation is 1. The Kier molecular flexibility index (Phi) is 4.07. The summed E-state index contributed by atoms with van der Waals surface area (Å²) in [5, 5.41) is 13.5. The summed E-state index contributed by atoms with van der Waals surface area (Å²) in [4.78, 5) is 10.7. The van der Waals surface area contributed by atoms with E-state index in [1.165, 1.54) is 19.3 Å². The zero-order chi connectivity index (χ0) is 13.0. The van der Waals surface area contributed by atoms with E-state index in [0.717, 1.165) is 11.3 Å². The maximum Gasteiger partial charge on any atom is 0.217 e. The van der Waals surface area contributed by atoms with Crippen LogP contribution in [-0.2, 0) is 11.2 Å². The maximum atomic E-state index is 10.7. The van der Waals surface area contributed by atoms with E-state index < -0.39 is 0 Å². The van der Waals surface area contributed by atoms with Gasteiger partial charge in [0, 0.05) is 12.5 Å². The number of phenols is 1. The number of amides is 1. The van der Waals surface area contributed by atoms with Gasteiger partial charge in [0.2, 0.25) is 5.91 Å². The van der Waals surface area contributed by atoms with E-state index in [1.807, 2.05) is 18.2 Å². The van der Waals surface area contributed by atoms with Crippen LogP contribution in [0.15, 0.2) is 18.2 Å². The summed E-state index contributed by atoms with van der Waals surface area (Å²) in [6.07, 6.45) is 5.32. The summed E-state index contributed by atoms with van der Waals surface area (Å²) in [5.41, 5.74) is 6.78. The number of carbonyl (C=O) groups is 1. The highest BCUT2D eigenvalue weighted by Gasteiger charge is 2.18. The van der Waals surface area contributed by atoms with Gasteiger partial charge in [-0.2, -0.15) is 0 Å². The lowest BCUT2D eigenvalue weighted by atomic mass is 9.92. The van der Waals surface area contributed by atoms with Gasteiger partial charge in [-0.1, -0.05) is 12.1 Å². The second kappa shape index (κ2) is 5.76. The number of carbonyl (C=O) groups excluding carboxylic acids is 1. The second-order valence-corrected chi connectivity index (χ2v) is 4.91. The number of para-hydroxylation sites is 1. The van der Waals surface area contributed by atoms with Gasteiger partial charge in [-0.25, -0.2) is 0 Å². The summed E-state index contributed by atoms with van der Waals surface area (Å²) in [7, 11) is 0. The van der Waals surface area contributed by atoms with Crippen LogP contribution in [0.4, 0.5) is 5.69 Å². The van der Waals surface area contributed by atoms with Gasteiger partial charge < -0.3 is 16.2 Å². The Morgan fingerprint density at radius 2 is 2.22 bits per heavy atom. The summed E-state index contributed by atoms with van der Waals surface area (Å²) < 4.78 is 0. The van der Waals surface area contributed by atoms with Crippen LogP contribution in [0.25, 0.3) is 0 Å². The molecule has 0 radical (unpaired) electrons. The van der Waals surface area contributed by atoms with Crippen molar-refractivity contribution in [1.82, 2.24) is 0 Å². The van der Waals surface area contributed by atoms with Crippen LogP contribution < -0.4 is 11.1 Å². The smallest absolute Gasteiger partial charge is 0.217 e. The molecule has 0 saturated heterocycles. The molecule has 18 heavy (non-hydrogen) atoms. The topological polar surface area (TPSA) is 75.4 Å². The molecule has 1 aliphatic carbocycles. The molecule has 0 bridgehead atoms. The van der Waals surface area contributed by atoms with E-state index in [1.54, 1.807) is 0 Å². The van der Waals surface area contributed by atoms with Crippen LogP contribution in [0, 0.1) is 0 Å². The molecule has 1 aromatic carbocycles. The predicted octanol–water partition coefficient (Wildman–Crippen LogP) is 2.16. The third kappa shape index (κ3) is 3.15. The average molecular weight is 248 g/mol. The van der Waals surface area contributed by atoms with Crippen LogP contribution in [0.3, 0.4) is 0 Å². The van der Waals surface area contributed by atoms with E-state index >= 15 is 0 Å². The molecule has 0 aliphatic heterocycles. The zero-order valence-electron chi connectivity index (χ0n) is 10.5. The maximum absolute atomic E-state index is 10.7. The van der Waals surface area contributed by atoms with Gasteiger partial charge in [0.1, 0.15) is 5.75 Å². The highest BCUT2D eigenvalue weighted by Crippen LogP contribution is 2.32. The molecule has 1 amide bonds. The molecule has 1 saturated carbocycles. The summed E-state index contributed by atoms with van der Waals surface area (Å²) >= 11 is 0. The normalized spacial score (nSPS) is 15.1. The molecular formula is C14H20N2O2. The van der Waals surface area contributed by atoms with E-state index in [4.69, 9.17) is 5.73 Å². The largest absolute Gasteiger partial charge is 0.505 e. The molecule has 0 spiro atoms. The predicted molar refractivity (Wildman–Crippen MR) is 71.5 cm³/mol. The average Bonchev–Trinajstić information content (AvgIpc) is 2.27. The molecule has 4 heteroatoms. The molecule has 4 nitrogen and oxygen atoms in total. The zero-order valence-corrected chi connectivity index (χ0v) is 10.5. The monoisotopic (exact) mass is 248 g/mol. The van der Waals surface area contributed by atoms with E-state index in [2.05, 4.69) is 5.32 Å². The number of rotatable bonds is 6. The fourth-order valence-electron chi connectivity index (χ4n) is 2.14. The van der Waals surface area contributed by atoms with Crippen molar-refractivity contribution >= 4 is 11.6 Å². The first-order valence-electron chi connectivity index (χ1n) is 6.52. The van der Waals surface area contributed by atoms with Gasteiger partial charge in [0.05, 0.1) is 5.69 Å². The molecule has 0 atom stereocenters. The van der Waals surface area contributed by atoms with Gasteiger partial charge in [-0.05, 0) is 43.7 Å². The third-order valence-corrected chi connectivity index (χ3v) is 3.45. The lowest BCUT2D eigenvalue weighted by Crippen LogP contribution is -2.27. The number of phenolic OH excluding ortho intramolecular Hbond substituents is 1. The number of nitrogens with two attached hydrogens (primary N) is 1. The van der Waals surface area contributed by atoms with Crippen molar-refractivity contribution in [2.24, 2.45) is 5.73 Å². The van der Waals surface area contributed by atoms with Crippen molar-refractivity contribution in [2.75, 3.05) is 5.32 Å². The van der Waals surface area contributed by atoms with E-state index in [9.17, 15) is 9.90 Å². The third-order valence-electron chi connectivity index (χ3n) is 3.45. The van der Waals surface area contributed by atoms with Crippen molar-refractivity contribution in [3.63, 3.8) is 0 Å². The summed E-state index contributed by atoms with van der Waals surface area (Å²) in [6.45, 7) is 0. The molecule has 1 fully saturated rings. The van der Waals surface area contributed by atoms with Gasteiger partial charge >= 0.3 is 0 Å². The van der Waals surface area contributed by atoms with Crippen LogP contribution in [-0.4, -0.2) is 17.1 Å². The molecule has 1 aliphatic rings. The lowest BCUT2D eigenvalue weighted by Gasteiger charge is -2.28. The fourth-order valence-corrected chi connectivity index (χ4v) is 2.14. The molecule has 1 aromatic rings. The summed E-state index contributed by atoms with van der Waals surface area (Å²) in [6, 6.07) is 6.21. The fraction of sp³-hybridized carbons (Fsp3) is 0.500. The van der Waals surface area contributed by atoms with E-state index in [0.29, 0.717) is 31.1 Å². The second-order valence-electron chi connectivity index (χ2n) is 4.91. The molecule has 4 N–H and O–H groups in total. The number of hydrogen-bond donors (Lipinski definition) is 3. The first-order valence-corrected chi connectivity index (χ1v) is 6.52. The van der Waals surface area contributed by atoms with Crippen molar-refractivity contribution in [3.05, 3.63) is 23.8 Å². The molecule has 98 valence electrons. The van der Waals surface area contributed by atoms with Gasteiger partial charge in [-0.15, -0.1) is 0 Å². The number of nitrogens with one attached hydrogen (secondary N) is 1. The van der Waals surface area contributed by atoms with Crippen LogP contribution in [0.2, 0.25) is 0 Å². The molecule has 2 rings (SSSR count). The van der Waals surface area contributed by atoms with E-state index in [-0.39, 0.29) is 5.91 Å². The first-order chi connectivity index (χ1) is 8.66. The van der Waals surface area contributed by atoms with Gasteiger partial charge in [0.25, 0.3) is 0 Å². The Labute approximate surface area is 107 Å². The Balaban J connectivity index is 1.97. The quantitative estimate of drug-likeness (QED) is 0.675. The number of primary amides is 1. The van der Waals surface area contributed by atoms with Crippen LogP contribution >= 0.6 is 0 Å². The Hall–Kier alpha value is -1.71. The van der Waals surface area contributed by atoms with Crippen LogP contribution in [0.1, 0.15) is 37.7 Å². The lowest BCUT2D eigenvalue weighted by molar-refractivity contribution is -0.118. The number of anilines is 1. The number of aromatic hydroxyl groups is 1. The van der Waals surface area contributed by atoms with Crippen molar-refractivity contribution < 1.29 is 9.90 Å². The minimum Gasteiger partial charge on any atom is -0.505 e. The SMILES string of the molecule is NC(=O)CCCc1cccc(NC2CCC2)c1O. The Morgan fingerprint density at radius 3 is 2.83 bits per heavy atom. The highest BCUT2D eigenvalue weighted by atomic mass is 16.3. The van der Waals surface area contributed by atoms with Crippen molar-refractivity contribution in [1.29, 1.82) is 0 Å². The number of hydrogen-bond acceptors (Lipinski definition) is 3. The minimum atomic E-state index is -0.293. The van der Waals surface area contributed by atoms with Gasteiger partial charge in [-0.3, -0.25) is 4.79 Å². The Morgan fingerprint density at radius 1 is 1.44 bits per heavy atom. The van der Waals surface area contributed by atoms with Crippen molar-refractivity contribution in [3.8, 4) is 5.75 Å². The molecule has 0 unspecified atom stereocenters. The van der Waals surface area contributed by atoms with Crippen LogP contribution in [0.5, 0.6) is 5.75 Å². The van der Waals surface area contributed by atoms with Crippen molar-refractivity contribution in [2.45, 2.75) is 44.6 Å². The standard InChI is InChI=1S/C14H20N2O2/c15-13(17)9-2-5-10-4-1-8-12(14(10)18)16-11-6-3-7-11/h1,4,8,11,16,18H,2-3,5-7,9H2,(H2,15,17). The molecular weight excluding hydrogens is 228 g/mol. The minimum absolute atomic E-state index is 0.293. The molecule has 0 aromatic heterocycles. The van der Waals surface area contributed by atoms with Gasteiger partial charge in [0.15, 0.2) is 0 Å². The molecule has 0 heterocycles. The summed E-state index contributed by atoms with van der Waals surface area (Å²) in [5.74, 6) is 0.0205. The number of benzene rings is 1. The highest BCUT2D eigenvalue weighted by molar-refractivity contribution is 5.73. The Bertz CT molecular complexity index is 428. The first kappa shape index (κ1) is 12.7.